The van der Waals surface area contributed by atoms with Gasteiger partial charge >= 0.3 is 39.5 Å². The summed E-state index contributed by atoms with van der Waals surface area (Å²) in [7, 11) is -9.94. The zero-order valence-corrected chi connectivity index (χ0v) is 62.6. The fourth-order valence-corrected chi connectivity index (χ4v) is 11.9. The van der Waals surface area contributed by atoms with E-state index in [1.807, 2.05) is 0 Å². The SMILES string of the molecule is CC/C=C\C/C=C\C/C=C\C/C=C\C/C=C\CCCCCC(=O)OCC(COP(=O)(O)OCC(O)COP(=O)(O)OCC(COC(=O)CCCCCCCCCCCCCCCCC)OC(=O)CCCCCCC/C=C\CCCC)OC(=O)CCCCCCCCCCCCC. The van der Waals surface area contributed by atoms with Crippen molar-refractivity contribution >= 4 is 39.5 Å². The Morgan fingerprint density at radius 3 is 0.885 bits per heavy atom. The predicted molar refractivity (Wildman–Crippen MR) is 390 cm³/mol. The first kappa shape index (κ1) is 92.5. The van der Waals surface area contributed by atoms with Crippen LogP contribution in [0.25, 0.3) is 0 Å². The highest BCUT2D eigenvalue weighted by Gasteiger charge is 2.30. The van der Waals surface area contributed by atoms with E-state index in [1.54, 1.807) is 0 Å². The fraction of sp³-hybridized carbons (Fsp3) is 0.792. The van der Waals surface area contributed by atoms with E-state index in [0.29, 0.717) is 25.7 Å². The Morgan fingerprint density at radius 2 is 0.552 bits per heavy atom. The lowest BCUT2D eigenvalue weighted by atomic mass is 10.0. The second kappa shape index (κ2) is 70.0. The second-order valence-electron chi connectivity index (χ2n) is 25.6. The van der Waals surface area contributed by atoms with Gasteiger partial charge in [-0.3, -0.25) is 37.3 Å². The summed E-state index contributed by atoms with van der Waals surface area (Å²) in [4.78, 5) is 72.7. The highest BCUT2D eigenvalue weighted by atomic mass is 31.2. The number of aliphatic hydroxyl groups is 1. The minimum Gasteiger partial charge on any atom is -0.462 e. The smallest absolute Gasteiger partial charge is 0.462 e. The maximum absolute atomic E-state index is 13.0. The Kier molecular flexibility index (Phi) is 67.4. The molecule has 0 spiro atoms. The monoisotopic (exact) mass is 1400 g/mol. The molecule has 0 aromatic heterocycles. The number of aliphatic hydroxyl groups excluding tert-OH is 1. The number of carbonyl (C=O) groups is 4. The van der Waals surface area contributed by atoms with Crippen molar-refractivity contribution in [2.24, 2.45) is 0 Å². The number of esters is 4. The molecule has 0 rings (SSSR count). The third-order valence-electron chi connectivity index (χ3n) is 16.2. The van der Waals surface area contributed by atoms with Gasteiger partial charge < -0.3 is 33.8 Å². The first-order valence-electron chi connectivity index (χ1n) is 38.2. The summed E-state index contributed by atoms with van der Waals surface area (Å²) in [6.07, 6.45) is 69.0. The molecule has 0 aromatic rings. The summed E-state index contributed by atoms with van der Waals surface area (Å²) in [5.74, 6) is -2.19. The molecule has 0 amide bonds. The van der Waals surface area contributed by atoms with Crippen LogP contribution in [-0.4, -0.2) is 96.7 Å². The summed E-state index contributed by atoms with van der Waals surface area (Å²) in [5, 5.41) is 10.6. The number of ether oxygens (including phenoxy) is 4. The Bertz CT molecular complexity index is 2110. The largest absolute Gasteiger partial charge is 0.472 e. The van der Waals surface area contributed by atoms with Crippen molar-refractivity contribution in [1.29, 1.82) is 0 Å². The van der Waals surface area contributed by atoms with Gasteiger partial charge in [-0.05, 0) is 89.9 Å². The van der Waals surface area contributed by atoms with Crippen molar-refractivity contribution < 1.29 is 80.2 Å². The minimum atomic E-state index is -4.97. The number of phosphoric acid groups is 2. The van der Waals surface area contributed by atoms with E-state index in [4.69, 9.17) is 37.0 Å². The predicted octanol–water partition coefficient (Wildman–Crippen LogP) is 21.7. The van der Waals surface area contributed by atoms with Crippen LogP contribution in [0.1, 0.15) is 336 Å². The van der Waals surface area contributed by atoms with Crippen molar-refractivity contribution in [3.63, 3.8) is 0 Å². The molecule has 96 heavy (non-hydrogen) atoms. The number of hydrogen-bond acceptors (Lipinski definition) is 15. The van der Waals surface area contributed by atoms with Crippen LogP contribution in [0.2, 0.25) is 0 Å². The minimum absolute atomic E-state index is 0.0887. The number of rotatable bonds is 72. The van der Waals surface area contributed by atoms with E-state index < -0.39 is 97.5 Å². The lowest BCUT2D eigenvalue weighted by Crippen LogP contribution is -2.30. The van der Waals surface area contributed by atoms with Gasteiger partial charge in [-0.2, -0.15) is 0 Å². The topological polar surface area (TPSA) is 237 Å². The molecule has 19 heteroatoms. The Labute approximate surface area is 583 Å². The molecule has 5 unspecified atom stereocenters. The third kappa shape index (κ3) is 69.0. The number of carbonyl (C=O) groups excluding carboxylic acids is 4. The molecule has 0 aliphatic heterocycles. The normalized spacial score (nSPS) is 14.4. The maximum atomic E-state index is 13.0. The highest BCUT2D eigenvalue weighted by Crippen LogP contribution is 2.45. The second-order valence-corrected chi connectivity index (χ2v) is 28.5. The van der Waals surface area contributed by atoms with Crippen molar-refractivity contribution in [2.75, 3.05) is 39.6 Å². The molecular weight excluding hydrogens is 1260 g/mol. The van der Waals surface area contributed by atoms with Crippen LogP contribution in [0.15, 0.2) is 72.9 Å². The van der Waals surface area contributed by atoms with Gasteiger partial charge in [0.05, 0.1) is 26.4 Å². The van der Waals surface area contributed by atoms with E-state index in [0.717, 1.165) is 135 Å². The molecule has 0 aliphatic rings. The van der Waals surface area contributed by atoms with Crippen LogP contribution < -0.4 is 0 Å². The molecule has 0 saturated carbocycles. The van der Waals surface area contributed by atoms with Crippen LogP contribution in [-0.2, 0) is 65.4 Å². The molecule has 558 valence electrons. The average molecular weight is 1400 g/mol. The average Bonchev–Trinajstić information content (AvgIpc) is 1.15. The van der Waals surface area contributed by atoms with Gasteiger partial charge in [0, 0.05) is 25.7 Å². The zero-order chi connectivity index (χ0) is 70.4. The number of hydrogen-bond donors (Lipinski definition) is 3. The van der Waals surface area contributed by atoms with Gasteiger partial charge in [-0.15, -0.1) is 0 Å². The van der Waals surface area contributed by atoms with E-state index in [1.165, 1.54) is 122 Å². The molecule has 0 heterocycles. The fourth-order valence-electron chi connectivity index (χ4n) is 10.3. The summed E-state index contributed by atoms with van der Waals surface area (Å²) in [6.45, 7) is 4.71. The van der Waals surface area contributed by atoms with Crippen LogP contribution in [0, 0.1) is 0 Å². The summed E-state index contributed by atoms with van der Waals surface area (Å²) in [6, 6.07) is 0. The molecule has 17 nitrogen and oxygen atoms in total. The van der Waals surface area contributed by atoms with Crippen LogP contribution in [0.4, 0.5) is 0 Å². The maximum Gasteiger partial charge on any atom is 0.472 e. The molecule has 0 bridgehead atoms. The molecule has 5 atom stereocenters. The molecule has 0 aromatic carbocycles. The summed E-state index contributed by atoms with van der Waals surface area (Å²) >= 11 is 0. The molecule has 0 radical (unpaired) electrons. The van der Waals surface area contributed by atoms with Crippen LogP contribution >= 0.6 is 15.6 Å². The van der Waals surface area contributed by atoms with Gasteiger partial charge in [0.2, 0.25) is 0 Å². The lowest BCUT2D eigenvalue weighted by molar-refractivity contribution is -0.161. The molecular formula is C77H138O17P2. The number of phosphoric ester groups is 2. The van der Waals surface area contributed by atoms with Gasteiger partial charge in [0.15, 0.2) is 12.2 Å². The van der Waals surface area contributed by atoms with Gasteiger partial charge in [0.25, 0.3) is 0 Å². The molecule has 0 fully saturated rings. The lowest BCUT2D eigenvalue weighted by Gasteiger charge is -2.21. The zero-order valence-electron chi connectivity index (χ0n) is 60.8. The van der Waals surface area contributed by atoms with Crippen LogP contribution in [0.3, 0.4) is 0 Å². The highest BCUT2D eigenvalue weighted by molar-refractivity contribution is 7.47. The van der Waals surface area contributed by atoms with Crippen molar-refractivity contribution in [3.05, 3.63) is 72.9 Å². The van der Waals surface area contributed by atoms with Crippen molar-refractivity contribution in [3.8, 4) is 0 Å². The number of allylic oxidation sites excluding steroid dienone is 12. The first-order valence-corrected chi connectivity index (χ1v) is 41.2. The van der Waals surface area contributed by atoms with Gasteiger partial charge in [0.1, 0.15) is 19.3 Å². The van der Waals surface area contributed by atoms with E-state index in [-0.39, 0.29) is 25.7 Å². The Balaban J connectivity index is 5.28. The Morgan fingerprint density at radius 1 is 0.302 bits per heavy atom. The molecule has 0 aliphatic carbocycles. The third-order valence-corrected chi connectivity index (χ3v) is 18.1. The first-order chi connectivity index (χ1) is 46.7. The van der Waals surface area contributed by atoms with Crippen molar-refractivity contribution in [1.82, 2.24) is 0 Å². The number of unbranched alkanes of at least 4 members (excludes halogenated alkanes) is 34. The summed E-state index contributed by atoms with van der Waals surface area (Å²) in [5.41, 5.74) is 0. The van der Waals surface area contributed by atoms with Crippen LogP contribution in [0.5, 0.6) is 0 Å². The molecule has 3 N–H and O–H groups in total. The van der Waals surface area contributed by atoms with E-state index >= 15 is 0 Å². The standard InChI is InChI=1S/C77H138O17P2/c1-5-9-13-17-21-25-29-31-33-34-35-36-38-40-44-46-50-54-58-62-75(80)88-68-73(94-77(82)64-60-56-52-48-42-28-24-20-16-12-8-4)70-92-96(85,86)90-66-71(78)65-89-95(83,84)91-69-72(93-76(81)63-59-55-51-47-41-27-23-19-15-11-7-3)67-87-74(79)61-57-53-49-45-43-39-37-32-30-26-22-18-14-10-6-2/h9,13,19,21,23,25,31,33,35-36,40,44,71-73,78H,5-8,10-12,14-18,20,22,24,26-30,32,34,37-39,41-43,45-70H2,1-4H3,(H,83,84)(H,85,86)/b13-9-,23-19-,25-21-,33-31-,36-35-,44-40-. The van der Waals surface area contributed by atoms with Gasteiger partial charge in [-0.25, -0.2) is 9.13 Å². The summed E-state index contributed by atoms with van der Waals surface area (Å²) < 4.78 is 68.4. The van der Waals surface area contributed by atoms with E-state index in [9.17, 15) is 43.2 Å². The Hall–Kier alpha value is -3.50. The van der Waals surface area contributed by atoms with Gasteiger partial charge in [-0.1, -0.05) is 293 Å². The quantitative estimate of drug-likeness (QED) is 0.0169. The van der Waals surface area contributed by atoms with Crippen molar-refractivity contribution in [2.45, 2.75) is 354 Å². The van der Waals surface area contributed by atoms with E-state index in [2.05, 4.69) is 101 Å². The molecule has 0 saturated heterocycles.